The minimum Gasteiger partial charge on any atom is -0.427 e. The first-order valence-electron chi connectivity index (χ1n) is 10.4. The number of benzene rings is 2. The highest BCUT2D eigenvalue weighted by Crippen LogP contribution is 2.36. The molecular weight excluding hydrogens is 353 g/mol. The Morgan fingerprint density at radius 1 is 0.931 bits per heavy atom. The number of allylic oxidation sites excluding steroid dienone is 2. The summed E-state index contributed by atoms with van der Waals surface area (Å²) >= 11 is 0. The molecule has 29 heavy (non-hydrogen) atoms. The van der Waals surface area contributed by atoms with E-state index < -0.39 is 0 Å². The van der Waals surface area contributed by atoms with Crippen molar-refractivity contribution in [3.8, 4) is 16.8 Å². The van der Waals surface area contributed by atoms with Crippen molar-refractivity contribution < 1.29 is 0 Å². The first-order valence-corrected chi connectivity index (χ1v) is 10.4. The molecule has 1 aromatic heterocycles. The predicted octanol–water partition coefficient (Wildman–Crippen LogP) is 5.20. The van der Waals surface area contributed by atoms with E-state index >= 15 is 0 Å². The van der Waals surface area contributed by atoms with Gasteiger partial charge in [0.25, 0.3) is 0 Å². The molecule has 146 valence electrons. The van der Waals surface area contributed by atoms with Crippen LogP contribution in [0.3, 0.4) is 0 Å². The van der Waals surface area contributed by atoms with Crippen molar-refractivity contribution in [2.75, 3.05) is 0 Å². The van der Waals surface area contributed by atoms with Crippen LogP contribution in [0.25, 0.3) is 16.8 Å². The Morgan fingerprint density at radius 2 is 1.66 bits per heavy atom. The molecule has 0 amide bonds. The van der Waals surface area contributed by atoms with E-state index in [0.29, 0.717) is 11.8 Å². The summed E-state index contributed by atoms with van der Waals surface area (Å²) in [5.74, 6) is 3.10. The van der Waals surface area contributed by atoms with Crippen molar-refractivity contribution in [3.63, 3.8) is 0 Å². The van der Waals surface area contributed by atoms with Crippen LogP contribution in [0.15, 0.2) is 79.2 Å². The van der Waals surface area contributed by atoms with Gasteiger partial charge in [0.05, 0.1) is 11.9 Å². The first kappa shape index (κ1) is 19.3. The van der Waals surface area contributed by atoms with E-state index in [1.807, 2.05) is 23.2 Å². The topological polar surface area (TPSA) is 29.9 Å². The van der Waals surface area contributed by atoms with Gasteiger partial charge in [0.15, 0.2) is 0 Å². The lowest BCUT2D eigenvalue weighted by molar-refractivity contribution is 0.838. The summed E-state index contributed by atoms with van der Waals surface area (Å²) in [5, 5.41) is 8.10. The zero-order valence-electron chi connectivity index (χ0n) is 17.6. The summed E-state index contributed by atoms with van der Waals surface area (Å²) in [4.78, 5) is 0. The van der Waals surface area contributed by atoms with Gasteiger partial charge in [-0.25, -0.2) is 4.68 Å². The lowest BCUT2D eigenvalue weighted by Gasteiger charge is -2.18. The zero-order valence-corrected chi connectivity index (χ0v) is 17.6. The SMILES string of the molecule is CC(C)c1cccc(C(C)C)c1-c1cnn(-c2cccc(B3C=CC=CN3)c2)c1. The third-order valence-electron chi connectivity index (χ3n) is 5.52. The van der Waals surface area contributed by atoms with Crippen LogP contribution in [-0.4, -0.2) is 16.6 Å². The molecular formula is C25H28BN3. The van der Waals surface area contributed by atoms with Gasteiger partial charge in [-0.05, 0) is 58.4 Å². The molecule has 0 fully saturated rings. The second kappa shape index (κ2) is 8.16. The van der Waals surface area contributed by atoms with E-state index in [0.717, 1.165) is 5.69 Å². The minimum absolute atomic E-state index is 0.198. The van der Waals surface area contributed by atoms with Gasteiger partial charge in [0.2, 0.25) is 0 Å². The van der Waals surface area contributed by atoms with Crippen LogP contribution in [0.1, 0.15) is 50.7 Å². The molecule has 1 aliphatic rings. The highest BCUT2D eigenvalue weighted by atomic mass is 15.3. The van der Waals surface area contributed by atoms with E-state index in [1.165, 1.54) is 27.7 Å². The van der Waals surface area contributed by atoms with Crippen LogP contribution < -0.4 is 10.7 Å². The number of rotatable bonds is 5. The predicted molar refractivity (Wildman–Crippen MR) is 124 cm³/mol. The molecule has 0 aliphatic carbocycles. The number of aromatic nitrogens is 2. The maximum atomic E-state index is 4.71. The molecule has 0 saturated carbocycles. The summed E-state index contributed by atoms with van der Waals surface area (Å²) in [6.45, 7) is 9.24. The van der Waals surface area contributed by atoms with Crippen molar-refractivity contribution in [1.29, 1.82) is 0 Å². The molecule has 4 rings (SSSR count). The summed E-state index contributed by atoms with van der Waals surface area (Å²) in [5.41, 5.74) is 7.59. The lowest BCUT2D eigenvalue weighted by atomic mass is 9.55. The molecule has 3 nitrogen and oxygen atoms in total. The average molecular weight is 381 g/mol. The molecule has 3 aromatic rings. The Hall–Kier alpha value is -3.01. The van der Waals surface area contributed by atoms with Crippen molar-refractivity contribution in [2.45, 2.75) is 39.5 Å². The van der Waals surface area contributed by atoms with E-state index in [4.69, 9.17) is 5.10 Å². The quantitative estimate of drug-likeness (QED) is 0.616. The summed E-state index contributed by atoms with van der Waals surface area (Å²) in [6.07, 6.45) is 10.2. The third-order valence-corrected chi connectivity index (χ3v) is 5.52. The van der Waals surface area contributed by atoms with Crippen LogP contribution in [0.4, 0.5) is 0 Å². The van der Waals surface area contributed by atoms with Gasteiger partial charge in [-0.3, -0.25) is 0 Å². The first-order chi connectivity index (χ1) is 14.0. The molecule has 0 radical (unpaired) electrons. The average Bonchev–Trinajstić information content (AvgIpc) is 3.24. The molecule has 4 heteroatoms. The smallest absolute Gasteiger partial charge is 0.312 e. The van der Waals surface area contributed by atoms with E-state index in [-0.39, 0.29) is 6.85 Å². The molecule has 0 atom stereocenters. The van der Waals surface area contributed by atoms with Crippen molar-refractivity contribution in [1.82, 2.24) is 15.0 Å². The summed E-state index contributed by atoms with van der Waals surface area (Å²) < 4.78 is 1.99. The third kappa shape index (κ3) is 3.93. The number of hydrogen-bond acceptors (Lipinski definition) is 2. The van der Waals surface area contributed by atoms with Crippen molar-refractivity contribution in [2.24, 2.45) is 0 Å². The molecule has 0 spiro atoms. The van der Waals surface area contributed by atoms with E-state index in [9.17, 15) is 0 Å². The van der Waals surface area contributed by atoms with Gasteiger partial charge in [-0.15, -0.1) is 0 Å². The van der Waals surface area contributed by atoms with Crippen LogP contribution in [0, 0.1) is 0 Å². The molecule has 2 aromatic carbocycles. The van der Waals surface area contributed by atoms with Crippen molar-refractivity contribution in [3.05, 3.63) is 90.3 Å². The highest BCUT2D eigenvalue weighted by Gasteiger charge is 2.18. The molecule has 2 heterocycles. The molecule has 1 aliphatic heterocycles. The normalized spacial score (nSPS) is 13.4. The Kier molecular flexibility index (Phi) is 5.44. The Morgan fingerprint density at radius 3 is 2.31 bits per heavy atom. The maximum Gasteiger partial charge on any atom is 0.312 e. The minimum atomic E-state index is 0.198. The van der Waals surface area contributed by atoms with Gasteiger partial charge in [-0.2, -0.15) is 5.10 Å². The van der Waals surface area contributed by atoms with Crippen LogP contribution in [0.2, 0.25) is 0 Å². The molecule has 1 N–H and O–H groups in total. The van der Waals surface area contributed by atoms with Gasteiger partial charge in [-0.1, -0.05) is 70.1 Å². The maximum absolute atomic E-state index is 4.71. The fourth-order valence-electron chi connectivity index (χ4n) is 3.99. The number of hydrogen-bond donors (Lipinski definition) is 1. The molecule has 0 saturated heterocycles. The summed E-state index contributed by atoms with van der Waals surface area (Å²) in [7, 11) is 0. The van der Waals surface area contributed by atoms with Crippen LogP contribution >= 0.6 is 0 Å². The second-order valence-corrected chi connectivity index (χ2v) is 8.28. The van der Waals surface area contributed by atoms with E-state index in [1.54, 1.807) is 0 Å². The number of nitrogens with one attached hydrogen (secondary N) is 1. The molecule has 0 bridgehead atoms. The van der Waals surface area contributed by atoms with Gasteiger partial charge in [0, 0.05) is 11.8 Å². The fourth-order valence-corrected chi connectivity index (χ4v) is 3.99. The zero-order chi connectivity index (χ0) is 20.4. The fraction of sp³-hybridized carbons (Fsp3) is 0.240. The van der Waals surface area contributed by atoms with Crippen molar-refractivity contribution >= 4 is 12.3 Å². The Labute approximate surface area is 174 Å². The second-order valence-electron chi connectivity index (χ2n) is 8.28. The summed E-state index contributed by atoms with van der Waals surface area (Å²) in [6, 6.07) is 15.2. The van der Waals surface area contributed by atoms with E-state index in [2.05, 4.69) is 93.6 Å². The monoisotopic (exact) mass is 381 g/mol. The molecule has 0 unspecified atom stereocenters. The van der Waals surface area contributed by atoms with Gasteiger partial charge >= 0.3 is 6.85 Å². The lowest BCUT2D eigenvalue weighted by Crippen LogP contribution is -2.41. The number of nitrogens with zero attached hydrogens (tertiary/aromatic N) is 2. The Balaban J connectivity index is 1.73. The standard InChI is InChI=1S/C25H28BN3/c1-18(2)23-11-8-12-24(19(3)4)25(23)20-16-28-29(17-20)22-10-7-9-21(15-22)26-13-5-6-14-27-26/h5-19,27H,1-4H3. The van der Waals surface area contributed by atoms with Gasteiger partial charge in [0.1, 0.15) is 0 Å². The highest BCUT2D eigenvalue weighted by molar-refractivity contribution is 6.76. The van der Waals surface area contributed by atoms with Crippen LogP contribution in [0.5, 0.6) is 0 Å². The van der Waals surface area contributed by atoms with Crippen LogP contribution in [-0.2, 0) is 0 Å². The Bertz CT molecular complexity index is 1030. The van der Waals surface area contributed by atoms with Gasteiger partial charge < -0.3 is 5.23 Å². The largest absolute Gasteiger partial charge is 0.427 e.